The van der Waals surface area contributed by atoms with Crippen molar-refractivity contribution < 1.29 is 49.0 Å². The second-order valence-electron chi connectivity index (χ2n) is 11.3. The number of esters is 2. The van der Waals surface area contributed by atoms with Gasteiger partial charge in [0.1, 0.15) is 43.7 Å². The molecule has 1 rings (SSSR count). The molecular weight excluding hydrogens is 532 g/mol. The summed E-state index contributed by atoms with van der Waals surface area (Å²) in [5.41, 5.74) is 0. The van der Waals surface area contributed by atoms with Gasteiger partial charge in [0.2, 0.25) is 0 Å². The lowest BCUT2D eigenvalue weighted by atomic mass is 9.99. The van der Waals surface area contributed by atoms with E-state index in [2.05, 4.69) is 13.8 Å². The summed E-state index contributed by atoms with van der Waals surface area (Å²) in [5.74, 6) is -0.832. The second kappa shape index (κ2) is 24.2. The molecule has 1 aliphatic rings. The highest BCUT2D eigenvalue weighted by molar-refractivity contribution is 5.69. The summed E-state index contributed by atoms with van der Waals surface area (Å²) in [6, 6.07) is 0. The summed E-state index contributed by atoms with van der Waals surface area (Å²) in [4.78, 5) is 24.2. The number of rotatable bonds is 25. The van der Waals surface area contributed by atoms with Gasteiger partial charge in [-0.3, -0.25) is 9.59 Å². The van der Waals surface area contributed by atoms with Gasteiger partial charge in [-0.1, -0.05) is 104 Å². The van der Waals surface area contributed by atoms with Gasteiger partial charge >= 0.3 is 11.9 Å². The molecule has 1 fully saturated rings. The lowest BCUT2D eigenvalue weighted by molar-refractivity contribution is -0.315. The summed E-state index contributed by atoms with van der Waals surface area (Å²) in [7, 11) is 0. The maximum Gasteiger partial charge on any atom is 0.305 e. The summed E-state index contributed by atoms with van der Waals surface area (Å²) < 4.78 is 21.6. The normalized spacial score (nSPS) is 23.3. The van der Waals surface area contributed by atoms with E-state index in [1.807, 2.05) is 0 Å². The number of hydrogen-bond acceptors (Lipinski definition) is 10. The Hall–Kier alpha value is -1.30. The molecule has 10 nitrogen and oxygen atoms in total. The monoisotopic (exact) mass is 590 g/mol. The lowest BCUT2D eigenvalue weighted by Crippen LogP contribution is -2.60. The molecule has 0 aliphatic carbocycles. The van der Waals surface area contributed by atoms with E-state index in [0.717, 1.165) is 38.5 Å². The Labute approximate surface area is 247 Å². The smallest absolute Gasteiger partial charge is 0.305 e. The Morgan fingerprint density at radius 1 is 0.659 bits per heavy atom. The van der Waals surface area contributed by atoms with Crippen LogP contribution in [0, 0.1) is 0 Å². The zero-order valence-corrected chi connectivity index (χ0v) is 25.6. The molecule has 0 amide bonds. The van der Waals surface area contributed by atoms with Crippen molar-refractivity contribution in [1.82, 2.24) is 0 Å². The Morgan fingerprint density at radius 2 is 1.12 bits per heavy atom. The molecule has 242 valence electrons. The molecule has 0 saturated carbocycles. The third-order valence-corrected chi connectivity index (χ3v) is 7.51. The molecule has 41 heavy (non-hydrogen) atoms. The van der Waals surface area contributed by atoms with Crippen molar-refractivity contribution in [2.24, 2.45) is 0 Å². The first kappa shape index (κ1) is 37.7. The van der Waals surface area contributed by atoms with Crippen molar-refractivity contribution in [3.05, 3.63) is 0 Å². The first-order chi connectivity index (χ1) is 19.8. The Kier molecular flexibility index (Phi) is 22.2. The predicted octanol–water partition coefficient (Wildman–Crippen LogP) is 4.32. The van der Waals surface area contributed by atoms with Crippen LogP contribution in [0.5, 0.6) is 0 Å². The molecule has 0 radical (unpaired) electrons. The van der Waals surface area contributed by atoms with Crippen molar-refractivity contribution in [1.29, 1.82) is 0 Å². The Bertz CT molecular complexity index is 659. The average molecular weight is 591 g/mol. The first-order valence-corrected chi connectivity index (χ1v) is 16.1. The van der Waals surface area contributed by atoms with Crippen LogP contribution in [0.2, 0.25) is 0 Å². The van der Waals surface area contributed by atoms with Crippen molar-refractivity contribution in [3.63, 3.8) is 0 Å². The van der Waals surface area contributed by atoms with E-state index in [4.69, 9.17) is 18.9 Å². The van der Waals surface area contributed by atoms with Crippen LogP contribution in [-0.4, -0.2) is 89.0 Å². The molecule has 0 unspecified atom stereocenters. The third kappa shape index (κ3) is 17.4. The molecule has 1 aliphatic heterocycles. The predicted molar refractivity (Wildman–Crippen MR) is 155 cm³/mol. The molecule has 0 aromatic heterocycles. The highest BCUT2D eigenvalue weighted by atomic mass is 16.7. The maximum absolute atomic E-state index is 12.1. The van der Waals surface area contributed by atoms with E-state index in [-0.39, 0.29) is 26.1 Å². The van der Waals surface area contributed by atoms with E-state index in [1.165, 1.54) is 57.8 Å². The van der Waals surface area contributed by atoms with Gasteiger partial charge in [0.15, 0.2) is 6.29 Å². The number of carbonyl (C=O) groups excluding carboxylic acids is 2. The van der Waals surface area contributed by atoms with E-state index in [9.17, 15) is 30.0 Å². The zero-order valence-electron chi connectivity index (χ0n) is 25.6. The molecule has 0 aromatic carbocycles. The van der Waals surface area contributed by atoms with Gasteiger partial charge in [-0.25, -0.2) is 0 Å². The van der Waals surface area contributed by atoms with Crippen LogP contribution in [0.25, 0.3) is 0 Å². The molecule has 10 heteroatoms. The molecule has 1 saturated heterocycles. The van der Waals surface area contributed by atoms with Crippen molar-refractivity contribution in [3.8, 4) is 0 Å². The van der Waals surface area contributed by atoms with Crippen LogP contribution in [0.3, 0.4) is 0 Å². The van der Waals surface area contributed by atoms with Crippen LogP contribution in [0.4, 0.5) is 0 Å². The standard InChI is InChI=1S/C31H58O10/c1-3-5-7-9-11-13-15-17-19-26(33)38-22-24(21-32)40-31-30(37)29(36)28(35)25(41-31)23-39-27(34)20-18-16-14-12-10-8-6-4-2/h24-25,28-32,35-37H,3-23H2,1-2H3/t24-,25+,28-,29-,30+,31+/m0/s1. The minimum Gasteiger partial charge on any atom is -0.463 e. The van der Waals surface area contributed by atoms with E-state index >= 15 is 0 Å². The number of hydrogen-bond donors (Lipinski definition) is 4. The Morgan fingerprint density at radius 3 is 1.61 bits per heavy atom. The quantitative estimate of drug-likeness (QED) is 0.0893. The van der Waals surface area contributed by atoms with Gasteiger partial charge in [-0.05, 0) is 12.8 Å². The molecule has 4 N–H and O–H groups in total. The van der Waals surface area contributed by atoms with Gasteiger partial charge in [0.25, 0.3) is 0 Å². The van der Waals surface area contributed by atoms with Crippen LogP contribution >= 0.6 is 0 Å². The van der Waals surface area contributed by atoms with Gasteiger partial charge in [-0.15, -0.1) is 0 Å². The number of aliphatic hydroxyl groups excluding tert-OH is 4. The van der Waals surface area contributed by atoms with Crippen molar-refractivity contribution in [2.75, 3.05) is 19.8 Å². The SMILES string of the molecule is CCCCCCCCCCC(=O)OC[C@H](CO)O[C@@H]1O[C@H](COC(=O)CCCCCCCCCC)[C@H](O)[C@H](O)[C@H]1O. The average Bonchev–Trinajstić information content (AvgIpc) is 2.97. The van der Waals surface area contributed by atoms with Crippen molar-refractivity contribution in [2.45, 2.75) is 166 Å². The van der Waals surface area contributed by atoms with Gasteiger partial charge in [0.05, 0.1) is 6.61 Å². The fraction of sp³-hybridized carbons (Fsp3) is 0.935. The summed E-state index contributed by atoms with van der Waals surface area (Å²) in [6.07, 6.45) is 9.92. The van der Waals surface area contributed by atoms with Crippen LogP contribution < -0.4 is 0 Å². The van der Waals surface area contributed by atoms with Crippen LogP contribution in [0.15, 0.2) is 0 Å². The molecular formula is C31H58O10. The second-order valence-corrected chi connectivity index (χ2v) is 11.3. The molecule has 0 bridgehead atoms. The minimum absolute atomic E-state index is 0.250. The molecule has 6 atom stereocenters. The first-order valence-electron chi connectivity index (χ1n) is 16.1. The van der Waals surface area contributed by atoms with Crippen LogP contribution in [0.1, 0.15) is 129 Å². The fourth-order valence-electron chi connectivity index (χ4n) is 4.80. The Balaban J connectivity index is 2.33. The highest BCUT2D eigenvalue weighted by Gasteiger charge is 2.45. The van der Waals surface area contributed by atoms with Gasteiger partial charge in [0, 0.05) is 12.8 Å². The largest absolute Gasteiger partial charge is 0.463 e. The zero-order chi connectivity index (χ0) is 30.3. The fourth-order valence-corrected chi connectivity index (χ4v) is 4.80. The van der Waals surface area contributed by atoms with E-state index in [1.54, 1.807) is 0 Å². The van der Waals surface area contributed by atoms with Crippen LogP contribution in [-0.2, 0) is 28.5 Å². The summed E-state index contributed by atoms with van der Waals surface area (Å²) in [5, 5.41) is 40.6. The van der Waals surface area contributed by atoms with E-state index < -0.39 is 55.4 Å². The topological polar surface area (TPSA) is 152 Å². The molecule has 0 aromatic rings. The number of carbonyl (C=O) groups is 2. The van der Waals surface area contributed by atoms with E-state index in [0.29, 0.717) is 6.42 Å². The minimum atomic E-state index is -1.62. The molecule has 0 spiro atoms. The summed E-state index contributed by atoms with van der Waals surface area (Å²) >= 11 is 0. The van der Waals surface area contributed by atoms with Gasteiger partial charge < -0.3 is 39.4 Å². The summed E-state index contributed by atoms with van der Waals surface area (Å²) in [6.45, 7) is 3.28. The third-order valence-electron chi connectivity index (χ3n) is 7.51. The maximum atomic E-state index is 12.1. The highest BCUT2D eigenvalue weighted by Crippen LogP contribution is 2.24. The lowest BCUT2D eigenvalue weighted by Gasteiger charge is -2.40. The van der Waals surface area contributed by atoms with Gasteiger partial charge in [-0.2, -0.15) is 0 Å². The number of aliphatic hydroxyl groups is 4. The molecule has 1 heterocycles. The number of unbranched alkanes of at least 4 members (excludes halogenated alkanes) is 14. The number of ether oxygens (including phenoxy) is 4. The van der Waals surface area contributed by atoms with Crippen molar-refractivity contribution >= 4 is 11.9 Å².